The summed E-state index contributed by atoms with van der Waals surface area (Å²) in [5.41, 5.74) is 9.45. The number of benzene rings is 2. The number of amidine groups is 1. The summed E-state index contributed by atoms with van der Waals surface area (Å²) in [6.07, 6.45) is 2.07. The molecule has 0 aliphatic carbocycles. The van der Waals surface area contributed by atoms with E-state index >= 15 is 0 Å². The molecule has 6 heteroatoms. The second-order valence-electron chi connectivity index (χ2n) is 6.96. The van der Waals surface area contributed by atoms with Gasteiger partial charge in [0.2, 0.25) is 5.91 Å². The van der Waals surface area contributed by atoms with Gasteiger partial charge in [-0.25, -0.2) is 0 Å². The number of nitrogen functional groups attached to an aromatic ring is 1. The van der Waals surface area contributed by atoms with E-state index in [0.717, 1.165) is 23.1 Å². The van der Waals surface area contributed by atoms with E-state index in [1.807, 2.05) is 36.4 Å². The maximum Gasteiger partial charge on any atom is 0.305 e. The summed E-state index contributed by atoms with van der Waals surface area (Å²) < 4.78 is 0. The van der Waals surface area contributed by atoms with E-state index in [1.165, 1.54) is 0 Å². The molecule has 27 heavy (non-hydrogen) atoms. The Kier molecular flexibility index (Phi) is 5.54. The molecule has 1 heterocycles. The van der Waals surface area contributed by atoms with Crippen LogP contribution in [0.25, 0.3) is 11.1 Å². The zero-order valence-electron chi connectivity index (χ0n) is 14.9. The van der Waals surface area contributed by atoms with Gasteiger partial charge in [-0.2, -0.15) is 0 Å². The Hall–Kier alpha value is -3.15. The number of nitrogens with two attached hydrogens (primary N) is 1. The monoisotopic (exact) mass is 365 g/mol. The van der Waals surface area contributed by atoms with Crippen molar-refractivity contribution in [2.45, 2.75) is 31.7 Å². The number of hydrogen-bond acceptors (Lipinski definition) is 3. The Morgan fingerprint density at radius 2 is 1.70 bits per heavy atom. The van der Waals surface area contributed by atoms with E-state index < -0.39 is 5.97 Å². The maximum atomic E-state index is 12.0. The first-order chi connectivity index (χ1) is 12.9. The molecule has 2 atom stereocenters. The van der Waals surface area contributed by atoms with Crippen LogP contribution < -0.4 is 11.1 Å². The molecule has 1 saturated heterocycles. The van der Waals surface area contributed by atoms with E-state index in [4.69, 9.17) is 16.2 Å². The number of amides is 1. The van der Waals surface area contributed by atoms with Crippen LogP contribution in [0.4, 0.5) is 0 Å². The first-order valence-electron chi connectivity index (χ1n) is 8.98. The predicted molar refractivity (Wildman–Crippen MR) is 104 cm³/mol. The molecule has 1 amide bonds. The molecule has 2 aromatic carbocycles. The van der Waals surface area contributed by atoms with Gasteiger partial charge in [-0.1, -0.05) is 48.5 Å². The standard InChI is InChI=1S/C21H23N3O3/c22-20(23)16-9-7-15(8-10-16)14-4-1-13(2-5-14)3-6-17-11-18(12-19(25)26)24-21(17)27/h1-2,4-5,7-10,17-18H,3,6,11-12H2,(H3,22,23)(H,24,27)(H,25,26)/t17-,18+/m1/s1. The summed E-state index contributed by atoms with van der Waals surface area (Å²) in [4.78, 5) is 22.8. The lowest BCUT2D eigenvalue weighted by Crippen LogP contribution is -2.28. The van der Waals surface area contributed by atoms with Crippen LogP contribution in [0.1, 0.15) is 30.4 Å². The quantitative estimate of drug-likeness (QED) is 0.446. The molecule has 0 bridgehead atoms. The summed E-state index contributed by atoms with van der Waals surface area (Å²) >= 11 is 0. The Bertz CT molecular complexity index is 844. The van der Waals surface area contributed by atoms with Crippen molar-refractivity contribution in [2.24, 2.45) is 11.7 Å². The first-order valence-corrected chi connectivity index (χ1v) is 8.98. The first kappa shape index (κ1) is 18.6. The highest BCUT2D eigenvalue weighted by molar-refractivity contribution is 5.95. The van der Waals surface area contributed by atoms with Crippen molar-refractivity contribution in [1.29, 1.82) is 5.41 Å². The fourth-order valence-corrected chi connectivity index (χ4v) is 3.47. The van der Waals surface area contributed by atoms with Gasteiger partial charge in [0, 0.05) is 17.5 Å². The van der Waals surface area contributed by atoms with Gasteiger partial charge in [-0.15, -0.1) is 0 Å². The Balaban J connectivity index is 1.57. The van der Waals surface area contributed by atoms with E-state index in [2.05, 4.69) is 17.4 Å². The van der Waals surface area contributed by atoms with Gasteiger partial charge >= 0.3 is 5.97 Å². The number of carbonyl (C=O) groups excluding carboxylic acids is 1. The molecule has 1 fully saturated rings. The number of nitrogens with one attached hydrogen (secondary N) is 2. The van der Waals surface area contributed by atoms with E-state index in [9.17, 15) is 9.59 Å². The van der Waals surface area contributed by atoms with Crippen molar-refractivity contribution >= 4 is 17.7 Å². The predicted octanol–water partition coefficient (Wildman–Crippen LogP) is 2.55. The number of aliphatic carboxylic acids is 1. The molecule has 0 aromatic heterocycles. The van der Waals surface area contributed by atoms with E-state index in [0.29, 0.717) is 18.4 Å². The van der Waals surface area contributed by atoms with E-state index in [-0.39, 0.29) is 30.1 Å². The topological polar surface area (TPSA) is 116 Å². The van der Waals surface area contributed by atoms with Crippen molar-refractivity contribution in [3.63, 3.8) is 0 Å². The summed E-state index contributed by atoms with van der Waals surface area (Å²) in [6, 6.07) is 15.5. The highest BCUT2D eigenvalue weighted by Crippen LogP contribution is 2.24. The Morgan fingerprint density at radius 3 is 2.26 bits per heavy atom. The summed E-state index contributed by atoms with van der Waals surface area (Å²) in [5, 5.41) is 19.1. The summed E-state index contributed by atoms with van der Waals surface area (Å²) in [5.74, 6) is -0.983. The Morgan fingerprint density at radius 1 is 1.11 bits per heavy atom. The summed E-state index contributed by atoms with van der Waals surface area (Å²) in [6.45, 7) is 0. The van der Waals surface area contributed by atoms with Crippen molar-refractivity contribution in [3.05, 3.63) is 59.7 Å². The molecule has 2 aromatic rings. The lowest BCUT2D eigenvalue weighted by atomic mass is 9.94. The fourth-order valence-electron chi connectivity index (χ4n) is 3.47. The third-order valence-corrected chi connectivity index (χ3v) is 4.97. The minimum atomic E-state index is -0.882. The van der Waals surface area contributed by atoms with Crippen LogP contribution >= 0.6 is 0 Å². The van der Waals surface area contributed by atoms with E-state index in [1.54, 1.807) is 0 Å². The van der Waals surface area contributed by atoms with Crippen LogP contribution in [0, 0.1) is 11.3 Å². The molecule has 0 spiro atoms. The highest BCUT2D eigenvalue weighted by atomic mass is 16.4. The van der Waals surface area contributed by atoms with Crippen LogP contribution in [0.5, 0.6) is 0 Å². The van der Waals surface area contributed by atoms with Gasteiger partial charge < -0.3 is 16.2 Å². The summed E-state index contributed by atoms with van der Waals surface area (Å²) in [7, 11) is 0. The number of carboxylic acid groups (broad SMARTS) is 1. The molecule has 6 nitrogen and oxygen atoms in total. The highest BCUT2D eigenvalue weighted by Gasteiger charge is 2.32. The lowest BCUT2D eigenvalue weighted by molar-refractivity contribution is -0.137. The van der Waals surface area contributed by atoms with Gasteiger partial charge in [0.25, 0.3) is 0 Å². The lowest BCUT2D eigenvalue weighted by Gasteiger charge is -2.08. The minimum absolute atomic E-state index is 0.0145. The molecular formula is C21H23N3O3. The molecular weight excluding hydrogens is 342 g/mol. The largest absolute Gasteiger partial charge is 0.481 e. The van der Waals surface area contributed by atoms with Crippen molar-refractivity contribution in [2.75, 3.05) is 0 Å². The number of aryl methyl sites for hydroxylation is 1. The number of carboxylic acids is 1. The zero-order chi connectivity index (χ0) is 19.4. The third kappa shape index (κ3) is 4.73. The Labute approximate surface area is 157 Å². The van der Waals surface area contributed by atoms with Crippen LogP contribution in [0.3, 0.4) is 0 Å². The number of rotatable bonds is 7. The third-order valence-electron chi connectivity index (χ3n) is 4.97. The average Bonchev–Trinajstić information content (AvgIpc) is 2.99. The van der Waals surface area contributed by atoms with Gasteiger partial charge in [0.05, 0.1) is 6.42 Å². The molecule has 1 aliphatic heterocycles. The smallest absolute Gasteiger partial charge is 0.305 e. The van der Waals surface area contributed by atoms with Crippen LogP contribution in [-0.2, 0) is 16.0 Å². The van der Waals surface area contributed by atoms with Gasteiger partial charge in [0.1, 0.15) is 5.84 Å². The van der Waals surface area contributed by atoms with Gasteiger partial charge in [0.15, 0.2) is 0 Å². The molecule has 0 unspecified atom stereocenters. The molecule has 140 valence electrons. The molecule has 0 saturated carbocycles. The molecule has 3 rings (SSSR count). The average molecular weight is 365 g/mol. The van der Waals surface area contributed by atoms with Crippen molar-refractivity contribution < 1.29 is 14.7 Å². The molecule has 1 aliphatic rings. The molecule has 0 radical (unpaired) electrons. The number of hydrogen-bond donors (Lipinski definition) is 4. The van der Waals surface area contributed by atoms with Gasteiger partial charge in [-0.3, -0.25) is 15.0 Å². The van der Waals surface area contributed by atoms with Crippen molar-refractivity contribution in [1.82, 2.24) is 5.32 Å². The number of carbonyl (C=O) groups is 2. The van der Waals surface area contributed by atoms with Crippen LogP contribution in [0.15, 0.2) is 48.5 Å². The normalized spacial score (nSPS) is 18.9. The van der Waals surface area contributed by atoms with Crippen molar-refractivity contribution in [3.8, 4) is 11.1 Å². The van der Waals surface area contributed by atoms with Crippen LogP contribution in [-0.4, -0.2) is 28.9 Å². The SMILES string of the molecule is N=C(N)c1ccc(-c2ccc(CC[C@@H]3C[C@@H](CC(=O)O)NC3=O)cc2)cc1. The second-order valence-corrected chi connectivity index (χ2v) is 6.96. The maximum absolute atomic E-state index is 12.0. The van der Waals surface area contributed by atoms with Gasteiger partial charge in [-0.05, 0) is 36.0 Å². The van der Waals surface area contributed by atoms with Crippen LogP contribution in [0.2, 0.25) is 0 Å². The fraction of sp³-hybridized carbons (Fsp3) is 0.286. The second kappa shape index (κ2) is 8.03. The molecule has 5 N–H and O–H groups in total. The zero-order valence-corrected chi connectivity index (χ0v) is 14.9. The minimum Gasteiger partial charge on any atom is -0.481 e.